The first kappa shape index (κ1) is 13.0. The lowest BCUT2D eigenvalue weighted by molar-refractivity contribution is 0.869. The molecule has 2 aromatic rings. The van der Waals surface area contributed by atoms with E-state index in [0.717, 1.165) is 24.5 Å². The van der Waals surface area contributed by atoms with Gasteiger partial charge in [-0.3, -0.25) is 0 Å². The zero-order chi connectivity index (χ0) is 13.0. The number of nitrogens with zero attached hydrogens (tertiary/aromatic N) is 3. The second kappa shape index (κ2) is 5.93. The second-order valence-corrected chi connectivity index (χ2v) is 5.18. The molecule has 2 rings (SSSR count). The molecule has 5 heteroatoms. The number of aryl methyl sites for hydroxylation is 1. The molecule has 0 bridgehead atoms. The summed E-state index contributed by atoms with van der Waals surface area (Å²) in [4.78, 5) is 12.2. The molecule has 0 aliphatic rings. The number of hydrogen-bond acceptors (Lipinski definition) is 5. The number of hydrogen-bond donors (Lipinski definition) is 1. The summed E-state index contributed by atoms with van der Waals surface area (Å²) in [6.07, 6.45) is 2.68. The van der Waals surface area contributed by atoms with Crippen molar-refractivity contribution in [3.63, 3.8) is 0 Å². The molecule has 0 aliphatic carbocycles. The fourth-order valence-corrected chi connectivity index (χ4v) is 2.72. The monoisotopic (exact) mass is 262 g/mol. The summed E-state index contributed by atoms with van der Waals surface area (Å²) in [5.74, 6) is 1.01. The molecule has 0 atom stereocenters. The standard InChI is InChI=1S/C13H18N4S/c1-10-12(18-9-16-10)8-17(2)13-11(5-6-14)4-3-7-15-13/h3-4,7,9H,5-6,8,14H2,1-2H3. The van der Waals surface area contributed by atoms with E-state index in [0.29, 0.717) is 6.54 Å². The van der Waals surface area contributed by atoms with E-state index in [1.807, 2.05) is 24.7 Å². The molecule has 0 spiro atoms. The van der Waals surface area contributed by atoms with Crippen molar-refractivity contribution in [2.24, 2.45) is 5.73 Å². The van der Waals surface area contributed by atoms with Gasteiger partial charge in [0.15, 0.2) is 0 Å². The number of thiazole rings is 1. The first-order chi connectivity index (χ1) is 8.72. The van der Waals surface area contributed by atoms with Crippen LogP contribution < -0.4 is 10.6 Å². The third-order valence-corrected chi connectivity index (χ3v) is 3.79. The molecule has 0 aromatic carbocycles. The Kier molecular flexibility index (Phi) is 4.28. The molecule has 2 N–H and O–H groups in total. The summed E-state index contributed by atoms with van der Waals surface area (Å²) in [7, 11) is 2.06. The quantitative estimate of drug-likeness (QED) is 0.895. The van der Waals surface area contributed by atoms with Crippen LogP contribution in [0.2, 0.25) is 0 Å². The minimum absolute atomic E-state index is 0.645. The third kappa shape index (κ3) is 2.86. The number of nitrogens with two attached hydrogens (primary N) is 1. The van der Waals surface area contributed by atoms with Gasteiger partial charge in [0.2, 0.25) is 0 Å². The zero-order valence-electron chi connectivity index (χ0n) is 10.8. The molecule has 0 saturated heterocycles. The van der Waals surface area contributed by atoms with Crippen LogP contribution in [0.5, 0.6) is 0 Å². The summed E-state index contributed by atoms with van der Waals surface area (Å²) in [6, 6.07) is 4.05. The molecule has 4 nitrogen and oxygen atoms in total. The van der Waals surface area contributed by atoms with Crippen LogP contribution in [-0.2, 0) is 13.0 Å². The first-order valence-corrected chi connectivity index (χ1v) is 6.84. The highest BCUT2D eigenvalue weighted by Gasteiger charge is 2.11. The van der Waals surface area contributed by atoms with E-state index in [1.54, 1.807) is 11.3 Å². The molecule has 2 aromatic heterocycles. The van der Waals surface area contributed by atoms with Crippen molar-refractivity contribution in [3.8, 4) is 0 Å². The summed E-state index contributed by atoms with van der Waals surface area (Å²) in [6.45, 7) is 3.52. The molecule has 2 heterocycles. The summed E-state index contributed by atoms with van der Waals surface area (Å²) in [5.41, 5.74) is 9.82. The molecule has 0 aliphatic heterocycles. The normalized spacial score (nSPS) is 10.6. The lowest BCUT2D eigenvalue weighted by Crippen LogP contribution is -2.20. The van der Waals surface area contributed by atoms with Crippen LogP contribution in [-0.4, -0.2) is 23.6 Å². The van der Waals surface area contributed by atoms with Crippen LogP contribution >= 0.6 is 11.3 Å². The van der Waals surface area contributed by atoms with Gasteiger partial charge in [0, 0.05) is 18.1 Å². The number of pyridine rings is 1. The van der Waals surface area contributed by atoms with Crippen LogP contribution in [0.1, 0.15) is 16.1 Å². The Labute approximate surface area is 111 Å². The van der Waals surface area contributed by atoms with E-state index in [-0.39, 0.29) is 0 Å². The lowest BCUT2D eigenvalue weighted by atomic mass is 10.2. The van der Waals surface area contributed by atoms with Gasteiger partial charge >= 0.3 is 0 Å². The van der Waals surface area contributed by atoms with Crippen molar-refractivity contribution in [1.82, 2.24) is 9.97 Å². The second-order valence-electron chi connectivity index (χ2n) is 4.24. The predicted molar refractivity (Wildman–Crippen MR) is 76.0 cm³/mol. The fraction of sp³-hybridized carbons (Fsp3) is 0.385. The van der Waals surface area contributed by atoms with E-state index in [4.69, 9.17) is 5.73 Å². The summed E-state index contributed by atoms with van der Waals surface area (Å²) >= 11 is 1.69. The van der Waals surface area contributed by atoms with Crippen molar-refractivity contribution >= 4 is 17.2 Å². The van der Waals surface area contributed by atoms with Crippen molar-refractivity contribution in [1.29, 1.82) is 0 Å². The highest BCUT2D eigenvalue weighted by Crippen LogP contribution is 2.21. The maximum atomic E-state index is 5.64. The van der Waals surface area contributed by atoms with Crippen LogP contribution in [0.3, 0.4) is 0 Å². The highest BCUT2D eigenvalue weighted by molar-refractivity contribution is 7.09. The molecule has 0 unspecified atom stereocenters. The maximum absolute atomic E-state index is 5.64. The molecule has 0 saturated carbocycles. The molecular formula is C13H18N4S. The predicted octanol–water partition coefficient (Wildman–Crippen LogP) is 1.98. The Hall–Kier alpha value is -1.46. The van der Waals surface area contributed by atoms with Gasteiger partial charge in [-0.2, -0.15) is 0 Å². The van der Waals surface area contributed by atoms with Gasteiger partial charge in [0.05, 0.1) is 17.7 Å². The van der Waals surface area contributed by atoms with Gasteiger partial charge in [0.25, 0.3) is 0 Å². The van der Waals surface area contributed by atoms with E-state index in [2.05, 4.69) is 28.0 Å². The Morgan fingerprint density at radius 3 is 2.89 bits per heavy atom. The molecule has 0 fully saturated rings. The zero-order valence-corrected chi connectivity index (χ0v) is 11.6. The third-order valence-electron chi connectivity index (χ3n) is 2.87. The Bertz CT molecular complexity index is 509. The van der Waals surface area contributed by atoms with E-state index >= 15 is 0 Å². The average molecular weight is 262 g/mol. The summed E-state index contributed by atoms with van der Waals surface area (Å²) in [5, 5.41) is 0. The molecule has 0 radical (unpaired) electrons. The lowest BCUT2D eigenvalue weighted by Gasteiger charge is -2.20. The van der Waals surface area contributed by atoms with Crippen molar-refractivity contribution in [2.75, 3.05) is 18.5 Å². The van der Waals surface area contributed by atoms with Crippen LogP contribution in [0.15, 0.2) is 23.8 Å². The number of aromatic nitrogens is 2. The largest absolute Gasteiger partial charge is 0.354 e. The van der Waals surface area contributed by atoms with Crippen LogP contribution in [0, 0.1) is 6.92 Å². The van der Waals surface area contributed by atoms with Crippen LogP contribution in [0.25, 0.3) is 0 Å². The average Bonchev–Trinajstić information content (AvgIpc) is 2.76. The van der Waals surface area contributed by atoms with Gasteiger partial charge < -0.3 is 10.6 Å². The van der Waals surface area contributed by atoms with Crippen molar-refractivity contribution in [3.05, 3.63) is 40.0 Å². The Morgan fingerprint density at radius 1 is 1.39 bits per heavy atom. The Morgan fingerprint density at radius 2 is 2.22 bits per heavy atom. The molecular weight excluding hydrogens is 244 g/mol. The van der Waals surface area contributed by atoms with Gasteiger partial charge in [-0.25, -0.2) is 9.97 Å². The maximum Gasteiger partial charge on any atom is 0.131 e. The molecule has 96 valence electrons. The SMILES string of the molecule is Cc1ncsc1CN(C)c1ncccc1CCN. The topological polar surface area (TPSA) is 55.0 Å². The van der Waals surface area contributed by atoms with E-state index in [9.17, 15) is 0 Å². The van der Waals surface area contributed by atoms with Gasteiger partial charge in [-0.15, -0.1) is 11.3 Å². The highest BCUT2D eigenvalue weighted by atomic mass is 32.1. The van der Waals surface area contributed by atoms with Gasteiger partial charge in [0.1, 0.15) is 5.82 Å². The van der Waals surface area contributed by atoms with Gasteiger partial charge in [-0.05, 0) is 31.5 Å². The van der Waals surface area contributed by atoms with Crippen LogP contribution in [0.4, 0.5) is 5.82 Å². The van der Waals surface area contributed by atoms with Gasteiger partial charge in [-0.1, -0.05) is 6.07 Å². The first-order valence-electron chi connectivity index (χ1n) is 5.96. The molecule has 18 heavy (non-hydrogen) atoms. The van der Waals surface area contributed by atoms with E-state index < -0.39 is 0 Å². The fourth-order valence-electron chi connectivity index (χ4n) is 1.89. The smallest absolute Gasteiger partial charge is 0.131 e. The van der Waals surface area contributed by atoms with Crippen molar-refractivity contribution < 1.29 is 0 Å². The van der Waals surface area contributed by atoms with Crippen molar-refractivity contribution in [2.45, 2.75) is 19.9 Å². The Balaban J connectivity index is 2.18. The minimum atomic E-state index is 0.645. The number of rotatable bonds is 5. The summed E-state index contributed by atoms with van der Waals surface area (Å²) < 4.78 is 0. The number of anilines is 1. The molecule has 0 amide bonds. The van der Waals surface area contributed by atoms with E-state index in [1.165, 1.54) is 10.4 Å². The minimum Gasteiger partial charge on any atom is -0.354 e.